The van der Waals surface area contributed by atoms with Crippen LogP contribution in [0.15, 0.2) is 12.4 Å². The van der Waals surface area contributed by atoms with Gasteiger partial charge >= 0.3 is 0 Å². The van der Waals surface area contributed by atoms with Gasteiger partial charge < -0.3 is 5.32 Å². The second-order valence-electron chi connectivity index (χ2n) is 4.21. The molecule has 3 heteroatoms. The summed E-state index contributed by atoms with van der Waals surface area (Å²) in [6.07, 6.45) is 5.32. The van der Waals surface area contributed by atoms with E-state index in [2.05, 4.69) is 15.3 Å². The Bertz CT molecular complexity index is 333. The van der Waals surface area contributed by atoms with Crippen molar-refractivity contribution in [1.29, 1.82) is 0 Å². The number of aromatic nitrogens is 2. The van der Waals surface area contributed by atoms with Gasteiger partial charge in [-0.1, -0.05) is 0 Å². The summed E-state index contributed by atoms with van der Waals surface area (Å²) in [4.78, 5) is 8.51. The van der Waals surface area contributed by atoms with E-state index in [1.165, 1.54) is 18.5 Å². The molecule has 13 heavy (non-hydrogen) atoms. The topological polar surface area (TPSA) is 37.8 Å². The summed E-state index contributed by atoms with van der Waals surface area (Å²) in [5.41, 5.74) is 1.74. The second-order valence-corrected chi connectivity index (χ2v) is 4.21. The van der Waals surface area contributed by atoms with Gasteiger partial charge in [0, 0.05) is 24.4 Å². The lowest BCUT2D eigenvalue weighted by molar-refractivity contribution is 0.668. The molecule has 1 aliphatic carbocycles. The molecule has 3 nitrogen and oxygen atoms in total. The minimum absolute atomic E-state index is 0.410. The molecule has 0 spiro atoms. The van der Waals surface area contributed by atoms with Crippen LogP contribution >= 0.6 is 0 Å². The molecule has 0 amide bonds. The summed E-state index contributed by atoms with van der Waals surface area (Å²) in [5.74, 6) is 1.71. The lowest BCUT2D eigenvalue weighted by Gasteiger charge is -2.10. The molecule has 3 rings (SSSR count). The standard InChI is InChI=1S/C10H13N3/c1-7-12-4-9(5-13-7)10-2-8(10)3-11-6-10/h4-5,8,11H,2-3,6H2,1H3. The summed E-state index contributed by atoms with van der Waals surface area (Å²) >= 11 is 0. The predicted octanol–water partition coefficient (Wildman–Crippen LogP) is 0.646. The number of nitrogens with one attached hydrogen (secondary N) is 1. The number of rotatable bonds is 1. The molecular weight excluding hydrogens is 162 g/mol. The van der Waals surface area contributed by atoms with Crippen LogP contribution in [0.4, 0.5) is 0 Å². The van der Waals surface area contributed by atoms with E-state index in [-0.39, 0.29) is 0 Å². The lowest BCUT2D eigenvalue weighted by Crippen LogP contribution is -2.19. The van der Waals surface area contributed by atoms with Crippen LogP contribution in [0.25, 0.3) is 0 Å². The first-order valence-electron chi connectivity index (χ1n) is 4.81. The fraction of sp³-hybridized carbons (Fsp3) is 0.600. The van der Waals surface area contributed by atoms with E-state index in [4.69, 9.17) is 0 Å². The molecule has 1 aromatic heterocycles. The van der Waals surface area contributed by atoms with Gasteiger partial charge in [0.1, 0.15) is 5.82 Å². The van der Waals surface area contributed by atoms with E-state index in [1.54, 1.807) is 0 Å². The Morgan fingerprint density at radius 2 is 2.23 bits per heavy atom. The van der Waals surface area contributed by atoms with Crippen molar-refractivity contribution in [3.63, 3.8) is 0 Å². The first-order valence-corrected chi connectivity index (χ1v) is 4.81. The van der Waals surface area contributed by atoms with Crippen LogP contribution < -0.4 is 5.32 Å². The van der Waals surface area contributed by atoms with Crippen LogP contribution in [0.1, 0.15) is 17.8 Å². The highest BCUT2D eigenvalue weighted by atomic mass is 15.0. The Balaban J connectivity index is 1.97. The molecule has 2 aliphatic rings. The normalized spacial score (nSPS) is 35.9. The van der Waals surface area contributed by atoms with E-state index in [1.807, 2.05) is 19.3 Å². The summed E-state index contributed by atoms with van der Waals surface area (Å²) in [7, 11) is 0. The van der Waals surface area contributed by atoms with Crippen LogP contribution in [-0.4, -0.2) is 23.1 Å². The number of nitrogens with zero attached hydrogens (tertiary/aromatic N) is 2. The Morgan fingerprint density at radius 1 is 1.46 bits per heavy atom. The molecule has 2 unspecified atom stereocenters. The molecular formula is C10H13N3. The van der Waals surface area contributed by atoms with Gasteiger partial charge in [-0.2, -0.15) is 0 Å². The third-order valence-electron chi connectivity index (χ3n) is 3.42. The van der Waals surface area contributed by atoms with Gasteiger partial charge in [-0.15, -0.1) is 0 Å². The molecule has 0 radical (unpaired) electrons. The highest BCUT2D eigenvalue weighted by Crippen LogP contribution is 2.55. The zero-order valence-corrected chi connectivity index (χ0v) is 7.75. The van der Waals surface area contributed by atoms with Gasteiger partial charge in [-0.3, -0.25) is 0 Å². The highest BCUT2D eigenvalue weighted by molar-refractivity contribution is 5.33. The van der Waals surface area contributed by atoms with Crippen LogP contribution in [0.2, 0.25) is 0 Å². The monoisotopic (exact) mass is 175 g/mol. The minimum Gasteiger partial charge on any atom is -0.316 e. The fourth-order valence-electron chi connectivity index (χ4n) is 2.44. The van der Waals surface area contributed by atoms with Gasteiger partial charge in [0.25, 0.3) is 0 Å². The SMILES string of the molecule is Cc1ncc(C23CNCC2C3)cn1. The van der Waals surface area contributed by atoms with Crippen molar-refractivity contribution < 1.29 is 0 Å². The molecule has 1 aliphatic heterocycles. The Kier molecular flexibility index (Phi) is 1.31. The van der Waals surface area contributed by atoms with Gasteiger partial charge in [0.2, 0.25) is 0 Å². The van der Waals surface area contributed by atoms with E-state index >= 15 is 0 Å². The Morgan fingerprint density at radius 3 is 2.77 bits per heavy atom. The molecule has 1 aromatic rings. The van der Waals surface area contributed by atoms with Crippen molar-refractivity contribution in [2.24, 2.45) is 5.92 Å². The van der Waals surface area contributed by atoms with E-state index in [0.717, 1.165) is 18.3 Å². The second kappa shape index (κ2) is 2.29. The average molecular weight is 175 g/mol. The van der Waals surface area contributed by atoms with Crippen LogP contribution in [0, 0.1) is 12.8 Å². The predicted molar refractivity (Wildman–Crippen MR) is 49.4 cm³/mol. The molecule has 2 heterocycles. The molecule has 2 fully saturated rings. The Labute approximate surface area is 77.6 Å². The average Bonchev–Trinajstić information content (AvgIpc) is 2.71. The quantitative estimate of drug-likeness (QED) is 0.681. The molecule has 1 saturated heterocycles. The number of hydrogen-bond donors (Lipinski definition) is 1. The minimum atomic E-state index is 0.410. The first kappa shape index (κ1) is 7.44. The largest absolute Gasteiger partial charge is 0.316 e. The first-order chi connectivity index (χ1) is 6.31. The maximum atomic E-state index is 4.26. The van der Waals surface area contributed by atoms with Crippen molar-refractivity contribution in [3.8, 4) is 0 Å². The molecule has 2 atom stereocenters. The molecule has 1 N–H and O–H groups in total. The van der Waals surface area contributed by atoms with Gasteiger partial charge in [-0.05, 0) is 31.4 Å². The zero-order chi connectivity index (χ0) is 8.89. The van der Waals surface area contributed by atoms with Crippen LogP contribution in [0.5, 0.6) is 0 Å². The van der Waals surface area contributed by atoms with Gasteiger partial charge in [0.05, 0.1) is 0 Å². The summed E-state index contributed by atoms with van der Waals surface area (Å²) in [6, 6.07) is 0. The fourth-order valence-corrected chi connectivity index (χ4v) is 2.44. The van der Waals surface area contributed by atoms with Gasteiger partial charge in [-0.25, -0.2) is 9.97 Å². The number of hydrogen-bond acceptors (Lipinski definition) is 3. The van der Waals surface area contributed by atoms with Crippen molar-refractivity contribution in [2.45, 2.75) is 18.8 Å². The van der Waals surface area contributed by atoms with E-state index < -0.39 is 0 Å². The molecule has 68 valence electrons. The number of aryl methyl sites for hydroxylation is 1. The number of fused-ring (bicyclic) bond motifs is 1. The van der Waals surface area contributed by atoms with Crippen molar-refractivity contribution in [1.82, 2.24) is 15.3 Å². The lowest BCUT2D eigenvalue weighted by atomic mass is 9.98. The van der Waals surface area contributed by atoms with Crippen LogP contribution in [0.3, 0.4) is 0 Å². The third-order valence-corrected chi connectivity index (χ3v) is 3.42. The van der Waals surface area contributed by atoms with Crippen LogP contribution in [-0.2, 0) is 5.41 Å². The number of piperidine rings is 1. The molecule has 1 saturated carbocycles. The maximum absolute atomic E-state index is 4.26. The maximum Gasteiger partial charge on any atom is 0.125 e. The summed E-state index contributed by atoms with van der Waals surface area (Å²) in [5, 5.41) is 3.42. The van der Waals surface area contributed by atoms with E-state index in [0.29, 0.717) is 5.41 Å². The third kappa shape index (κ3) is 0.936. The van der Waals surface area contributed by atoms with Crippen molar-refractivity contribution in [3.05, 3.63) is 23.8 Å². The van der Waals surface area contributed by atoms with Crippen molar-refractivity contribution in [2.75, 3.05) is 13.1 Å². The highest BCUT2D eigenvalue weighted by Gasteiger charge is 2.58. The molecule has 0 aromatic carbocycles. The molecule has 0 bridgehead atoms. The summed E-state index contributed by atoms with van der Waals surface area (Å²) in [6.45, 7) is 4.22. The van der Waals surface area contributed by atoms with Gasteiger partial charge in [0.15, 0.2) is 0 Å². The zero-order valence-electron chi connectivity index (χ0n) is 7.75. The smallest absolute Gasteiger partial charge is 0.125 e. The van der Waals surface area contributed by atoms with Crippen molar-refractivity contribution >= 4 is 0 Å². The Hall–Kier alpha value is -0.960. The summed E-state index contributed by atoms with van der Waals surface area (Å²) < 4.78 is 0. The van der Waals surface area contributed by atoms with E-state index in [9.17, 15) is 0 Å².